The van der Waals surface area contributed by atoms with Gasteiger partial charge in [0.2, 0.25) is 10.0 Å². The summed E-state index contributed by atoms with van der Waals surface area (Å²) in [5, 5.41) is 2.59. The Bertz CT molecular complexity index is 1800. The highest BCUT2D eigenvalue weighted by Crippen LogP contribution is 2.35. The lowest BCUT2D eigenvalue weighted by Gasteiger charge is -2.13. The molecule has 11 nitrogen and oxygen atoms in total. The van der Waals surface area contributed by atoms with Crippen molar-refractivity contribution in [1.82, 2.24) is 14.0 Å². The van der Waals surface area contributed by atoms with Crippen molar-refractivity contribution in [3.05, 3.63) is 88.5 Å². The van der Waals surface area contributed by atoms with Gasteiger partial charge in [0.25, 0.3) is 15.9 Å². The average molecular weight is 665 g/mol. The standard InChI is InChI=1S/C27H26BrN3O8S2/c1-3-39-27(33)24-25(40(34,35)30-16-15-29-26(32)18-9-12-20(38-2)13-10-18)22-17-19(28)11-14-23(22)31(24)41(36,37)21-7-5-4-6-8-21/h4-14,17,30H,3,15-16H2,1-2H3,(H,29,32). The maximum absolute atomic E-state index is 13.8. The normalized spacial score (nSPS) is 11.8. The van der Waals surface area contributed by atoms with Gasteiger partial charge in [0.05, 0.1) is 24.1 Å². The van der Waals surface area contributed by atoms with Crippen LogP contribution in [0.3, 0.4) is 0 Å². The van der Waals surface area contributed by atoms with Crippen molar-refractivity contribution in [3.63, 3.8) is 0 Å². The molecule has 1 heterocycles. The fourth-order valence-corrected chi connectivity index (χ4v) is 7.43. The van der Waals surface area contributed by atoms with Crippen LogP contribution in [-0.2, 0) is 24.8 Å². The molecule has 0 atom stereocenters. The van der Waals surface area contributed by atoms with Crippen LogP contribution in [0.5, 0.6) is 5.75 Å². The van der Waals surface area contributed by atoms with Crippen LogP contribution in [0.4, 0.5) is 0 Å². The van der Waals surface area contributed by atoms with Crippen molar-refractivity contribution in [3.8, 4) is 5.75 Å². The summed E-state index contributed by atoms with van der Waals surface area (Å²) >= 11 is 3.30. The molecule has 1 amide bonds. The van der Waals surface area contributed by atoms with Crippen molar-refractivity contribution in [2.45, 2.75) is 16.7 Å². The Morgan fingerprint density at radius 2 is 1.61 bits per heavy atom. The Labute approximate surface area is 245 Å². The number of nitrogens with zero attached hydrogens (tertiary/aromatic N) is 1. The predicted octanol–water partition coefficient (Wildman–Crippen LogP) is 3.53. The van der Waals surface area contributed by atoms with E-state index in [9.17, 15) is 26.4 Å². The molecule has 41 heavy (non-hydrogen) atoms. The van der Waals surface area contributed by atoms with E-state index in [1.54, 1.807) is 30.3 Å². The number of ether oxygens (including phenoxy) is 2. The van der Waals surface area contributed by atoms with Crippen molar-refractivity contribution in [2.75, 3.05) is 26.8 Å². The number of benzene rings is 3. The van der Waals surface area contributed by atoms with Gasteiger partial charge < -0.3 is 14.8 Å². The third kappa shape index (κ3) is 6.30. The predicted molar refractivity (Wildman–Crippen MR) is 155 cm³/mol. The number of carbonyl (C=O) groups is 2. The number of carbonyl (C=O) groups excluding carboxylic acids is 2. The maximum atomic E-state index is 13.8. The minimum atomic E-state index is -4.52. The second kappa shape index (κ2) is 12.4. The molecule has 0 unspecified atom stereocenters. The number of hydrogen-bond acceptors (Lipinski definition) is 8. The van der Waals surface area contributed by atoms with Gasteiger partial charge >= 0.3 is 5.97 Å². The van der Waals surface area contributed by atoms with Crippen LogP contribution in [0.1, 0.15) is 27.8 Å². The number of fused-ring (bicyclic) bond motifs is 1. The van der Waals surface area contributed by atoms with Gasteiger partial charge in [0, 0.05) is 28.5 Å². The number of amides is 1. The summed E-state index contributed by atoms with van der Waals surface area (Å²) in [6, 6.07) is 18.0. The van der Waals surface area contributed by atoms with E-state index in [4.69, 9.17) is 9.47 Å². The van der Waals surface area contributed by atoms with E-state index in [-0.39, 0.29) is 35.5 Å². The minimum absolute atomic E-state index is 0.0169. The number of sulfonamides is 1. The van der Waals surface area contributed by atoms with Crippen LogP contribution < -0.4 is 14.8 Å². The number of aromatic nitrogens is 1. The molecule has 0 radical (unpaired) electrons. The molecule has 0 fully saturated rings. The fourth-order valence-electron chi connectivity index (χ4n) is 4.08. The number of nitrogens with one attached hydrogen (secondary N) is 2. The molecular formula is C27H26BrN3O8S2. The van der Waals surface area contributed by atoms with Crippen LogP contribution in [-0.4, -0.2) is 59.5 Å². The van der Waals surface area contributed by atoms with E-state index >= 15 is 0 Å². The van der Waals surface area contributed by atoms with Gasteiger partial charge in [-0.1, -0.05) is 34.1 Å². The van der Waals surface area contributed by atoms with E-state index < -0.39 is 42.5 Å². The minimum Gasteiger partial charge on any atom is -0.497 e. The fraction of sp³-hybridized carbons (Fsp3) is 0.185. The number of hydrogen-bond donors (Lipinski definition) is 2. The van der Waals surface area contributed by atoms with Gasteiger partial charge in [0.1, 0.15) is 10.6 Å². The Balaban J connectivity index is 1.73. The molecule has 0 saturated heterocycles. The van der Waals surface area contributed by atoms with Crippen LogP contribution in [0.15, 0.2) is 87.1 Å². The van der Waals surface area contributed by atoms with Crippen molar-refractivity contribution in [1.29, 1.82) is 0 Å². The smallest absolute Gasteiger partial charge is 0.357 e. The zero-order valence-electron chi connectivity index (χ0n) is 22.0. The molecule has 14 heteroatoms. The zero-order valence-corrected chi connectivity index (χ0v) is 25.2. The Kier molecular flexibility index (Phi) is 9.17. The zero-order chi connectivity index (χ0) is 29.8. The summed E-state index contributed by atoms with van der Waals surface area (Å²) in [6.07, 6.45) is 0. The van der Waals surface area contributed by atoms with Crippen molar-refractivity contribution < 1.29 is 35.9 Å². The molecule has 4 rings (SSSR count). The topological polar surface area (TPSA) is 150 Å². The van der Waals surface area contributed by atoms with Gasteiger partial charge in [-0.2, -0.15) is 0 Å². The average Bonchev–Trinajstić information content (AvgIpc) is 3.32. The van der Waals surface area contributed by atoms with Gasteiger partial charge in [-0.25, -0.2) is 30.3 Å². The summed E-state index contributed by atoms with van der Waals surface area (Å²) in [7, 11) is -7.46. The first-order valence-corrected chi connectivity index (χ1v) is 16.0. The Morgan fingerprint density at radius 3 is 2.24 bits per heavy atom. The summed E-state index contributed by atoms with van der Waals surface area (Å²) in [5.74, 6) is -0.993. The summed E-state index contributed by atoms with van der Waals surface area (Å²) in [5.41, 5.74) is -0.357. The monoisotopic (exact) mass is 663 g/mol. The largest absolute Gasteiger partial charge is 0.497 e. The first kappa shape index (κ1) is 30.2. The third-order valence-corrected chi connectivity index (χ3v) is 9.67. The molecule has 0 aliphatic carbocycles. The molecule has 0 bridgehead atoms. The highest BCUT2D eigenvalue weighted by molar-refractivity contribution is 9.10. The van der Waals surface area contributed by atoms with Gasteiger partial charge in [-0.3, -0.25) is 4.79 Å². The van der Waals surface area contributed by atoms with Crippen LogP contribution in [0.2, 0.25) is 0 Å². The molecule has 216 valence electrons. The lowest BCUT2D eigenvalue weighted by Crippen LogP contribution is -2.35. The molecular weight excluding hydrogens is 638 g/mol. The summed E-state index contributed by atoms with van der Waals surface area (Å²) < 4.78 is 68.6. The SMILES string of the molecule is CCOC(=O)c1c(S(=O)(=O)NCCNC(=O)c2ccc(OC)cc2)c2cc(Br)ccc2n1S(=O)(=O)c1ccccc1. The molecule has 3 aromatic carbocycles. The number of methoxy groups -OCH3 is 1. The lowest BCUT2D eigenvalue weighted by atomic mass is 10.2. The number of esters is 1. The Hall–Kier alpha value is -3.72. The highest BCUT2D eigenvalue weighted by Gasteiger charge is 2.37. The van der Waals surface area contributed by atoms with Crippen LogP contribution in [0.25, 0.3) is 10.9 Å². The summed E-state index contributed by atoms with van der Waals surface area (Å²) in [4.78, 5) is 24.9. The van der Waals surface area contributed by atoms with E-state index in [2.05, 4.69) is 26.0 Å². The maximum Gasteiger partial charge on any atom is 0.357 e. The summed E-state index contributed by atoms with van der Waals surface area (Å²) in [6.45, 7) is 1.05. The van der Waals surface area contributed by atoms with Crippen molar-refractivity contribution in [2.24, 2.45) is 0 Å². The number of halogens is 1. The van der Waals surface area contributed by atoms with E-state index in [0.29, 0.717) is 19.8 Å². The highest BCUT2D eigenvalue weighted by atomic mass is 79.9. The molecule has 1 aromatic heterocycles. The number of rotatable bonds is 11. The molecule has 4 aromatic rings. The second-order valence-corrected chi connectivity index (χ2v) is 12.9. The first-order chi connectivity index (χ1) is 19.5. The quantitative estimate of drug-likeness (QED) is 0.183. The van der Waals surface area contributed by atoms with E-state index in [1.165, 1.54) is 56.5 Å². The van der Waals surface area contributed by atoms with Crippen LogP contribution >= 0.6 is 15.9 Å². The first-order valence-electron chi connectivity index (χ1n) is 12.2. The lowest BCUT2D eigenvalue weighted by molar-refractivity contribution is 0.0513. The van der Waals surface area contributed by atoms with E-state index in [0.717, 1.165) is 0 Å². The molecule has 0 spiro atoms. The molecule has 0 saturated carbocycles. The van der Waals surface area contributed by atoms with Crippen LogP contribution in [0, 0.1) is 0 Å². The van der Waals surface area contributed by atoms with Crippen molar-refractivity contribution >= 4 is 58.8 Å². The third-order valence-electron chi connectivity index (χ3n) is 5.91. The van der Waals surface area contributed by atoms with Gasteiger partial charge in [-0.15, -0.1) is 0 Å². The second-order valence-electron chi connectivity index (χ2n) is 8.52. The Morgan fingerprint density at radius 1 is 0.927 bits per heavy atom. The van der Waals surface area contributed by atoms with Gasteiger partial charge in [-0.05, 0) is 61.5 Å². The molecule has 0 aliphatic heterocycles. The van der Waals surface area contributed by atoms with E-state index in [1.807, 2.05) is 0 Å². The van der Waals surface area contributed by atoms with Gasteiger partial charge in [0.15, 0.2) is 5.69 Å². The molecule has 2 N–H and O–H groups in total. The molecule has 0 aliphatic rings.